The van der Waals surface area contributed by atoms with Crippen molar-refractivity contribution in [2.24, 2.45) is 10.9 Å². The number of benzene rings is 1. The van der Waals surface area contributed by atoms with Crippen molar-refractivity contribution in [3.8, 4) is 0 Å². The summed E-state index contributed by atoms with van der Waals surface area (Å²) in [7, 11) is 0. The number of rotatable bonds is 6. The molecule has 19 heavy (non-hydrogen) atoms. The zero-order valence-corrected chi connectivity index (χ0v) is 10.5. The zero-order valence-electron chi connectivity index (χ0n) is 10.5. The molecule has 0 saturated heterocycles. The molecule has 100 valence electrons. The maximum atomic E-state index is 8.70. The molecule has 0 saturated carbocycles. The Morgan fingerprint density at radius 3 is 2.74 bits per heavy atom. The number of nitrogens with one attached hydrogen (secondary N) is 1. The van der Waals surface area contributed by atoms with Gasteiger partial charge >= 0.3 is 0 Å². The van der Waals surface area contributed by atoms with Gasteiger partial charge in [0, 0.05) is 24.6 Å². The first kappa shape index (κ1) is 13.2. The summed E-state index contributed by atoms with van der Waals surface area (Å²) in [6, 6.07) is 11.8. The molecule has 0 aliphatic rings. The lowest BCUT2D eigenvalue weighted by Gasteiger charge is -2.18. The Hall–Kier alpha value is -2.27. The van der Waals surface area contributed by atoms with Crippen LogP contribution in [-0.4, -0.2) is 11.0 Å². The lowest BCUT2D eigenvalue weighted by atomic mass is 10.0. The molecule has 1 atom stereocenters. The summed E-state index contributed by atoms with van der Waals surface area (Å²) < 4.78 is 5.03. The van der Waals surface area contributed by atoms with Crippen molar-refractivity contribution in [2.75, 3.05) is 0 Å². The van der Waals surface area contributed by atoms with Gasteiger partial charge in [-0.25, -0.2) is 0 Å². The van der Waals surface area contributed by atoms with E-state index < -0.39 is 0 Å². The summed E-state index contributed by atoms with van der Waals surface area (Å²) >= 11 is 0. The Kier molecular flexibility index (Phi) is 4.58. The van der Waals surface area contributed by atoms with Crippen molar-refractivity contribution in [2.45, 2.75) is 19.0 Å². The first-order valence-corrected chi connectivity index (χ1v) is 6.05. The minimum Gasteiger partial charge on any atom is -0.472 e. The van der Waals surface area contributed by atoms with E-state index in [4.69, 9.17) is 15.4 Å². The average Bonchev–Trinajstić information content (AvgIpc) is 2.97. The maximum absolute atomic E-state index is 8.70. The minimum atomic E-state index is -0.00741. The number of oxime groups is 1. The molecule has 0 amide bonds. The molecule has 1 aromatic heterocycles. The predicted octanol–water partition coefficient (Wildman–Crippen LogP) is 2.25. The number of amidine groups is 1. The zero-order chi connectivity index (χ0) is 13.5. The van der Waals surface area contributed by atoms with Crippen LogP contribution >= 0.6 is 0 Å². The van der Waals surface area contributed by atoms with E-state index >= 15 is 0 Å². The predicted molar refractivity (Wildman–Crippen MR) is 72.8 cm³/mol. The highest BCUT2D eigenvalue weighted by Gasteiger charge is 2.13. The van der Waals surface area contributed by atoms with E-state index in [-0.39, 0.29) is 11.9 Å². The van der Waals surface area contributed by atoms with Gasteiger partial charge in [0.1, 0.15) is 5.84 Å². The first-order valence-electron chi connectivity index (χ1n) is 6.05. The molecule has 5 heteroatoms. The molecule has 0 bridgehead atoms. The Bertz CT molecular complexity index is 509. The molecule has 0 fully saturated rings. The molecule has 5 nitrogen and oxygen atoms in total. The quantitative estimate of drug-likeness (QED) is 0.321. The maximum Gasteiger partial charge on any atom is 0.141 e. The summed E-state index contributed by atoms with van der Waals surface area (Å²) in [6.45, 7) is 0.661. The van der Waals surface area contributed by atoms with Crippen molar-refractivity contribution in [1.29, 1.82) is 0 Å². The normalized spacial score (nSPS) is 13.4. The molecule has 0 spiro atoms. The number of hydrogen-bond donors (Lipinski definition) is 3. The van der Waals surface area contributed by atoms with E-state index in [1.165, 1.54) is 0 Å². The Morgan fingerprint density at radius 2 is 2.11 bits per heavy atom. The molecule has 1 heterocycles. The molecule has 4 N–H and O–H groups in total. The van der Waals surface area contributed by atoms with Crippen molar-refractivity contribution in [3.05, 3.63) is 60.1 Å². The van der Waals surface area contributed by atoms with E-state index in [0.717, 1.165) is 11.1 Å². The van der Waals surface area contributed by atoms with E-state index in [0.29, 0.717) is 13.0 Å². The molecular formula is C14H17N3O2. The van der Waals surface area contributed by atoms with Gasteiger partial charge in [-0.3, -0.25) is 0 Å². The van der Waals surface area contributed by atoms with Gasteiger partial charge in [0.2, 0.25) is 0 Å². The van der Waals surface area contributed by atoms with Crippen molar-refractivity contribution in [1.82, 2.24) is 5.32 Å². The number of nitrogens with zero attached hydrogens (tertiary/aromatic N) is 1. The van der Waals surface area contributed by atoms with Crippen LogP contribution in [-0.2, 0) is 6.54 Å². The number of furan rings is 1. The standard InChI is InChI=1S/C14H17N3O2/c15-14(17-18)8-13(12-4-2-1-3-5-12)16-9-11-6-7-19-10-11/h1-7,10,13,16,18H,8-9H2,(H2,15,17). The summed E-state index contributed by atoms with van der Waals surface area (Å²) in [4.78, 5) is 0. The molecule has 0 aliphatic heterocycles. The SMILES string of the molecule is N/C(CC(NCc1ccoc1)c1ccccc1)=N/O. The van der Waals surface area contributed by atoms with Gasteiger partial charge in [-0.1, -0.05) is 35.5 Å². The van der Waals surface area contributed by atoms with E-state index in [2.05, 4.69) is 10.5 Å². The van der Waals surface area contributed by atoms with Crippen LogP contribution in [0.15, 0.2) is 58.5 Å². The summed E-state index contributed by atoms with van der Waals surface area (Å²) in [5, 5.41) is 15.1. The van der Waals surface area contributed by atoms with Gasteiger partial charge in [0.05, 0.1) is 12.5 Å². The van der Waals surface area contributed by atoms with Gasteiger partial charge < -0.3 is 20.7 Å². The van der Waals surface area contributed by atoms with Gasteiger partial charge in [-0.2, -0.15) is 0 Å². The number of hydrogen-bond acceptors (Lipinski definition) is 4. The van der Waals surface area contributed by atoms with Crippen LogP contribution in [0.25, 0.3) is 0 Å². The molecule has 1 unspecified atom stereocenters. The molecular weight excluding hydrogens is 242 g/mol. The molecule has 0 radical (unpaired) electrons. The van der Waals surface area contributed by atoms with Gasteiger partial charge in [-0.15, -0.1) is 0 Å². The highest BCUT2D eigenvalue weighted by Crippen LogP contribution is 2.17. The lowest BCUT2D eigenvalue weighted by molar-refractivity contribution is 0.315. The Balaban J connectivity index is 2.06. The van der Waals surface area contributed by atoms with E-state index in [9.17, 15) is 0 Å². The molecule has 2 rings (SSSR count). The second-order valence-corrected chi connectivity index (χ2v) is 4.27. The number of nitrogens with two attached hydrogens (primary N) is 1. The van der Waals surface area contributed by atoms with Crippen LogP contribution in [0.2, 0.25) is 0 Å². The summed E-state index contributed by atoms with van der Waals surface area (Å²) in [5.74, 6) is 0.202. The largest absolute Gasteiger partial charge is 0.472 e. The van der Waals surface area contributed by atoms with Crippen LogP contribution in [0.1, 0.15) is 23.6 Å². The first-order chi connectivity index (χ1) is 9.29. The fourth-order valence-electron chi connectivity index (χ4n) is 1.88. The highest BCUT2D eigenvalue weighted by atomic mass is 16.4. The van der Waals surface area contributed by atoms with E-state index in [1.807, 2.05) is 36.4 Å². The molecule has 1 aromatic carbocycles. The molecule has 0 aliphatic carbocycles. The van der Waals surface area contributed by atoms with Gasteiger partial charge in [0.15, 0.2) is 0 Å². The topological polar surface area (TPSA) is 83.8 Å². The third-order valence-corrected chi connectivity index (χ3v) is 2.88. The summed E-state index contributed by atoms with van der Waals surface area (Å²) in [5.41, 5.74) is 7.75. The van der Waals surface area contributed by atoms with Crippen molar-refractivity contribution < 1.29 is 9.62 Å². The van der Waals surface area contributed by atoms with Crippen molar-refractivity contribution in [3.63, 3.8) is 0 Å². The average molecular weight is 259 g/mol. The smallest absolute Gasteiger partial charge is 0.141 e. The van der Waals surface area contributed by atoms with Crippen LogP contribution in [0.3, 0.4) is 0 Å². The molecule has 2 aromatic rings. The van der Waals surface area contributed by atoms with Crippen LogP contribution < -0.4 is 11.1 Å². The summed E-state index contributed by atoms with van der Waals surface area (Å²) in [6.07, 6.45) is 3.77. The van der Waals surface area contributed by atoms with Crippen LogP contribution in [0, 0.1) is 0 Å². The van der Waals surface area contributed by atoms with Crippen molar-refractivity contribution >= 4 is 5.84 Å². The third-order valence-electron chi connectivity index (χ3n) is 2.88. The highest BCUT2D eigenvalue weighted by molar-refractivity contribution is 5.80. The van der Waals surface area contributed by atoms with Gasteiger partial charge in [-0.05, 0) is 11.6 Å². The third kappa shape index (κ3) is 3.86. The minimum absolute atomic E-state index is 0.00741. The lowest BCUT2D eigenvalue weighted by Crippen LogP contribution is -2.26. The second kappa shape index (κ2) is 6.61. The van der Waals surface area contributed by atoms with E-state index in [1.54, 1.807) is 12.5 Å². The monoisotopic (exact) mass is 259 g/mol. The van der Waals surface area contributed by atoms with Gasteiger partial charge in [0.25, 0.3) is 0 Å². The Labute approximate surface area is 111 Å². The Morgan fingerprint density at radius 1 is 1.32 bits per heavy atom. The van der Waals surface area contributed by atoms with Crippen LogP contribution in [0.4, 0.5) is 0 Å². The second-order valence-electron chi connectivity index (χ2n) is 4.27. The fourth-order valence-corrected chi connectivity index (χ4v) is 1.88. The van der Waals surface area contributed by atoms with Crippen LogP contribution in [0.5, 0.6) is 0 Å². The fraction of sp³-hybridized carbons (Fsp3) is 0.214.